The number of nitrogens with zero attached hydrogens (tertiary/aromatic N) is 4. The van der Waals surface area contributed by atoms with Gasteiger partial charge in [0, 0.05) is 25.4 Å². The van der Waals surface area contributed by atoms with E-state index in [1.54, 1.807) is 22.0 Å². The van der Waals surface area contributed by atoms with Gasteiger partial charge in [-0.15, -0.1) is 0 Å². The van der Waals surface area contributed by atoms with E-state index in [0.717, 1.165) is 41.9 Å². The lowest BCUT2D eigenvalue weighted by Gasteiger charge is -2.21. The highest BCUT2D eigenvalue weighted by Crippen LogP contribution is 2.26. The van der Waals surface area contributed by atoms with E-state index in [-0.39, 0.29) is 5.91 Å². The van der Waals surface area contributed by atoms with E-state index in [4.69, 9.17) is 0 Å². The van der Waals surface area contributed by atoms with Crippen molar-refractivity contribution in [2.75, 3.05) is 11.4 Å². The van der Waals surface area contributed by atoms with E-state index in [9.17, 15) is 4.79 Å². The number of carbonyl (C=O) groups excluding carboxylic acids is 1. The molecule has 5 nitrogen and oxygen atoms in total. The maximum Gasteiger partial charge on any atom is 0.276 e. The highest BCUT2D eigenvalue weighted by molar-refractivity contribution is 6.06. The van der Waals surface area contributed by atoms with Gasteiger partial charge in [0.25, 0.3) is 5.91 Å². The normalized spacial score (nSPS) is 13.3. The number of anilines is 1. The van der Waals surface area contributed by atoms with Crippen molar-refractivity contribution < 1.29 is 4.79 Å². The molecular formula is C15H18N4O. The molecule has 0 unspecified atom stereocenters. The lowest BCUT2D eigenvalue weighted by molar-refractivity contribution is 0.0978. The molecule has 20 heavy (non-hydrogen) atoms. The minimum atomic E-state index is 0.0126. The van der Waals surface area contributed by atoms with Crippen molar-refractivity contribution in [2.24, 2.45) is 7.05 Å². The summed E-state index contributed by atoms with van der Waals surface area (Å²) in [5, 5.41) is 4.48. The van der Waals surface area contributed by atoms with Crippen LogP contribution in [-0.2, 0) is 19.9 Å². The van der Waals surface area contributed by atoms with Crippen LogP contribution in [0.5, 0.6) is 0 Å². The number of carbonyl (C=O) groups is 1. The van der Waals surface area contributed by atoms with Crippen molar-refractivity contribution in [3.05, 3.63) is 41.5 Å². The number of amides is 1. The van der Waals surface area contributed by atoms with Gasteiger partial charge < -0.3 is 4.90 Å². The molecule has 2 heterocycles. The summed E-state index contributed by atoms with van der Waals surface area (Å²) in [6, 6.07) is 3.75. The third kappa shape index (κ3) is 1.99. The standard InChI is InChI=1S/C15H18N4O/c1-3-19(11-6-5-9-16-10-11)15(20)14-12-7-4-8-13(12)17-18(14)2/h5-6,9-10H,3-4,7-8H2,1-2H3. The Hall–Kier alpha value is -2.17. The van der Waals surface area contributed by atoms with Gasteiger partial charge in [-0.1, -0.05) is 0 Å². The largest absolute Gasteiger partial charge is 0.306 e. The molecule has 1 aliphatic carbocycles. The molecule has 1 aliphatic rings. The zero-order chi connectivity index (χ0) is 14.1. The Kier molecular flexibility index (Phi) is 3.26. The fraction of sp³-hybridized carbons (Fsp3) is 0.400. The number of fused-ring (bicyclic) bond motifs is 1. The minimum Gasteiger partial charge on any atom is -0.306 e. The Morgan fingerprint density at radius 3 is 3.00 bits per heavy atom. The van der Waals surface area contributed by atoms with E-state index in [2.05, 4.69) is 10.1 Å². The number of hydrogen-bond acceptors (Lipinski definition) is 3. The molecule has 0 saturated heterocycles. The van der Waals surface area contributed by atoms with E-state index in [0.29, 0.717) is 6.54 Å². The third-order valence-electron chi connectivity index (χ3n) is 3.79. The Bertz CT molecular complexity index is 633. The molecule has 3 rings (SSSR count). The Labute approximate surface area is 118 Å². The van der Waals surface area contributed by atoms with Crippen LogP contribution in [0, 0.1) is 0 Å². The Balaban J connectivity index is 2.00. The zero-order valence-electron chi connectivity index (χ0n) is 11.8. The highest BCUT2D eigenvalue weighted by Gasteiger charge is 2.28. The first-order chi connectivity index (χ1) is 9.72. The van der Waals surface area contributed by atoms with Gasteiger partial charge in [-0.2, -0.15) is 5.10 Å². The molecule has 5 heteroatoms. The summed E-state index contributed by atoms with van der Waals surface area (Å²) in [6.07, 6.45) is 6.46. The van der Waals surface area contributed by atoms with Crippen molar-refractivity contribution in [3.8, 4) is 0 Å². The van der Waals surface area contributed by atoms with Crippen LogP contribution in [0.2, 0.25) is 0 Å². The monoisotopic (exact) mass is 270 g/mol. The van der Waals surface area contributed by atoms with E-state index in [1.165, 1.54) is 0 Å². The number of aromatic nitrogens is 3. The third-order valence-corrected chi connectivity index (χ3v) is 3.79. The van der Waals surface area contributed by atoms with Gasteiger partial charge in [0.15, 0.2) is 0 Å². The second-order valence-corrected chi connectivity index (χ2v) is 5.01. The molecule has 2 aromatic heterocycles. The van der Waals surface area contributed by atoms with Crippen LogP contribution in [0.3, 0.4) is 0 Å². The zero-order valence-corrected chi connectivity index (χ0v) is 11.8. The van der Waals surface area contributed by atoms with Crippen LogP contribution >= 0.6 is 0 Å². The van der Waals surface area contributed by atoms with Crippen LogP contribution < -0.4 is 4.90 Å². The molecule has 0 atom stereocenters. The minimum absolute atomic E-state index is 0.0126. The molecule has 0 N–H and O–H groups in total. The lowest BCUT2D eigenvalue weighted by Crippen LogP contribution is -2.32. The topological polar surface area (TPSA) is 51.0 Å². The fourth-order valence-corrected chi connectivity index (χ4v) is 2.87. The van der Waals surface area contributed by atoms with Crippen LogP contribution in [0.1, 0.15) is 35.1 Å². The van der Waals surface area contributed by atoms with Gasteiger partial charge >= 0.3 is 0 Å². The number of rotatable bonds is 3. The number of pyridine rings is 1. The van der Waals surface area contributed by atoms with Gasteiger partial charge in [-0.05, 0) is 38.3 Å². The van der Waals surface area contributed by atoms with Crippen LogP contribution in [0.4, 0.5) is 5.69 Å². The molecule has 0 fully saturated rings. The second kappa shape index (κ2) is 5.07. The van der Waals surface area contributed by atoms with Crippen LogP contribution in [0.15, 0.2) is 24.5 Å². The van der Waals surface area contributed by atoms with Crippen molar-refractivity contribution in [1.29, 1.82) is 0 Å². The smallest absolute Gasteiger partial charge is 0.276 e. The molecule has 0 aliphatic heterocycles. The van der Waals surface area contributed by atoms with Crippen LogP contribution in [-0.4, -0.2) is 27.2 Å². The van der Waals surface area contributed by atoms with Gasteiger partial charge in [-0.25, -0.2) is 0 Å². The predicted molar refractivity (Wildman–Crippen MR) is 76.8 cm³/mol. The van der Waals surface area contributed by atoms with Crippen molar-refractivity contribution in [1.82, 2.24) is 14.8 Å². The summed E-state index contributed by atoms with van der Waals surface area (Å²) in [6.45, 7) is 2.59. The lowest BCUT2D eigenvalue weighted by atomic mass is 10.1. The summed E-state index contributed by atoms with van der Waals surface area (Å²) in [4.78, 5) is 18.7. The summed E-state index contributed by atoms with van der Waals surface area (Å²) < 4.78 is 1.73. The van der Waals surface area contributed by atoms with E-state index < -0.39 is 0 Å². The summed E-state index contributed by atoms with van der Waals surface area (Å²) in [7, 11) is 1.85. The van der Waals surface area contributed by atoms with Crippen molar-refractivity contribution in [2.45, 2.75) is 26.2 Å². The molecule has 0 aromatic carbocycles. The Morgan fingerprint density at radius 1 is 1.45 bits per heavy atom. The van der Waals surface area contributed by atoms with E-state index >= 15 is 0 Å². The van der Waals surface area contributed by atoms with Gasteiger partial charge in [0.2, 0.25) is 0 Å². The SMILES string of the molecule is CCN(C(=O)c1c2c(nn1C)CCC2)c1cccnc1. The predicted octanol–water partition coefficient (Wildman–Crippen LogP) is 1.97. The Morgan fingerprint density at radius 2 is 2.30 bits per heavy atom. The van der Waals surface area contributed by atoms with Gasteiger partial charge in [0.05, 0.1) is 17.6 Å². The molecule has 1 amide bonds. The average molecular weight is 270 g/mol. The maximum absolute atomic E-state index is 12.9. The quantitative estimate of drug-likeness (QED) is 0.856. The highest BCUT2D eigenvalue weighted by atomic mass is 16.2. The first-order valence-electron chi connectivity index (χ1n) is 6.99. The summed E-state index contributed by atoms with van der Waals surface area (Å²) in [5.74, 6) is 0.0126. The number of aryl methyl sites for hydroxylation is 2. The first-order valence-corrected chi connectivity index (χ1v) is 6.99. The molecule has 104 valence electrons. The molecule has 2 aromatic rings. The summed E-state index contributed by atoms with van der Waals surface area (Å²) in [5.41, 5.74) is 3.76. The van der Waals surface area contributed by atoms with Gasteiger partial charge in [0.1, 0.15) is 5.69 Å². The maximum atomic E-state index is 12.9. The molecule has 0 spiro atoms. The summed E-state index contributed by atoms with van der Waals surface area (Å²) >= 11 is 0. The van der Waals surface area contributed by atoms with Gasteiger partial charge in [-0.3, -0.25) is 14.5 Å². The van der Waals surface area contributed by atoms with Crippen molar-refractivity contribution in [3.63, 3.8) is 0 Å². The fourth-order valence-electron chi connectivity index (χ4n) is 2.87. The second-order valence-electron chi connectivity index (χ2n) is 5.01. The molecule has 0 bridgehead atoms. The van der Waals surface area contributed by atoms with E-state index in [1.807, 2.05) is 26.1 Å². The molecule has 0 saturated carbocycles. The van der Waals surface area contributed by atoms with Crippen molar-refractivity contribution >= 4 is 11.6 Å². The average Bonchev–Trinajstić information content (AvgIpc) is 3.00. The number of hydrogen-bond donors (Lipinski definition) is 0. The van der Waals surface area contributed by atoms with Crippen LogP contribution in [0.25, 0.3) is 0 Å². The first kappa shape index (κ1) is 12.8. The molecule has 0 radical (unpaired) electrons. The molecular weight excluding hydrogens is 252 g/mol.